The quantitative estimate of drug-likeness (QED) is 0.807. The van der Waals surface area contributed by atoms with Crippen molar-refractivity contribution >= 4 is 0 Å². The number of nitrogens with one attached hydrogen (secondary N) is 1. The molecular formula is C11H12N3O. The standard InChI is InChI=1S/C11H12N3O/c1-2-10-12-11(15)14(13-10)8-9-6-4-3-5-7-9/h3-7H,1-2,8H2,(H,12,13,15). The summed E-state index contributed by atoms with van der Waals surface area (Å²) in [5, 5.41) is 4.11. The van der Waals surface area contributed by atoms with Gasteiger partial charge in [0.1, 0.15) is 5.82 Å². The summed E-state index contributed by atoms with van der Waals surface area (Å²) in [5.41, 5.74) is 0.874. The third kappa shape index (κ3) is 2.15. The van der Waals surface area contributed by atoms with Gasteiger partial charge in [0.2, 0.25) is 0 Å². The first-order chi connectivity index (χ1) is 7.29. The lowest BCUT2D eigenvalue weighted by Gasteiger charge is -1.98. The maximum atomic E-state index is 11.4. The van der Waals surface area contributed by atoms with E-state index in [0.717, 1.165) is 5.56 Å². The van der Waals surface area contributed by atoms with Gasteiger partial charge in [-0.1, -0.05) is 30.3 Å². The van der Waals surface area contributed by atoms with Crippen molar-refractivity contribution in [1.82, 2.24) is 14.8 Å². The molecule has 0 saturated heterocycles. The molecule has 0 aliphatic carbocycles. The van der Waals surface area contributed by atoms with E-state index in [0.29, 0.717) is 18.8 Å². The lowest BCUT2D eigenvalue weighted by Crippen LogP contribution is -2.18. The molecule has 2 rings (SSSR count). The van der Waals surface area contributed by atoms with Gasteiger partial charge in [0.25, 0.3) is 0 Å². The Hall–Kier alpha value is -1.84. The number of nitrogens with zero attached hydrogens (tertiary/aromatic N) is 2. The van der Waals surface area contributed by atoms with Crippen molar-refractivity contribution in [3.8, 4) is 0 Å². The maximum Gasteiger partial charge on any atom is 0.343 e. The fraction of sp³-hybridized carbons (Fsp3) is 0.182. The highest BCUT2D eigenvalue weighted by molar-refractivity contribution is 5.14. The molecule has 0 unspecified atom stereocenters. The number of H-pyrrole nitrogens is 1. The molecule has 0 aliphatic heterocycles. The first-order valence-electron chi connectivity index (χ1n) is 4.79. The minimum absolute atomic E-state index is 0.183. The minimum atomic E-state index is -0.183. The second-order valence-corrected chi connectivity index (χ2v) is 3.27. The summed E-state index contributed by atoms with van der Waals surface area (Å²) in [6.45, 7) is 4.17. The summed E-state index contributed by atoms with van der Waals surface area (Å²) in [6, 6.07) is 9.75. The Kier molecular flexibility index (Phi) is 2.67. The number of aromatic amines is 1. The molecule has 1 aromatic heterocycles. The van der Waals surface area contributed by atoms with Gasteiger partial charge in [0.15, 0.2) is 0 Å². The topological polar surface area (TPSA) is 50.7 Å². The summed E-state index contributed by atoms with van der Waals surface area (Å²) in [5.74, 6) is 0.621. The van der Waals surface area contributed by atoms with Gasteiger partial charge in [0.05, 0.1) is 6.54 Å². The Balaban J connectivity index is 2.25. The van der Waals surface area contributed by atoms with Crippen molar-refractivity contribution in [1.29, 1.82) is 0 Å². The lowest BCUT2D eigenvalue weighted by atomic mass is 10.2. The van der Waals surface area contributed by atoms with Crippen molar-refractivity contribution in [2.45, 2.75) is 13.0 Å². The van der Waals surface area contributed by atoms with Crippen molar-refractivity contribution in [2.24, 2.45) is 0 Å². The van der Waals surface area contributed by atoms with Crippen LogP contribution in [0.15, 0.2) is 35.1 Å². The number of hydrogen-bond donors (Lipinski definition) is 1. The molecule has 0 bridgehead atoms. The molecule has 0 aliphatic rings. The van der Waals surface area contributed by atoms with Gasteiger partial charge in [-0.05, 0) is 12.5 Å². The van der Waals surface area contributed by atoms with E-state index in [1.807, 2.05) is 30.3 Å². The van der Waals surface area contributed by atoms with Gasteiger partial charge < -0.3 is 0 Å². The van der Waals surface area contributed by atoms with E-state index in [9.17, 15) is 4.79 Å². The summed E-state index contributed by atoms with van der Waals surface area (Å²) in [4.78, 5) is 14.1. The molecular weight excluding hydrogens is 190 g/mol. The fourth-order valence-corrected chi connectivity index (χ4v) is 1.38. The van der Waals surface area contributed by atoms with Crippen LogP contribution in [-0.4, -0.2) is 14.8 Å². The Bertz CT molecular complexity index is 484. The minimum Gasteiger partial charge on any atom is -0.293 e. The molecule has 1 radical (unpaired) electrons. The highest BCUT2D eigenvalue weighted by Gasteiger charge is 2.03. The Morgan fingerprint density at radius 2 is 2.07 bits per heavy atom. The van der Waals surface area contributed by atoms with Crippen LogP contribution in [0.1, 0.15) is 11.4 Å². The fourth-order valence-electron chi connectivity index (χ4n) is 1.38. The predicted molar refractivity (Wildman–Crippen MR) is 57.5 cm³/mol. The third-order valence-electron chi connectivity index (χ3n) is 2.14. The zero-order chi connectivity index (χ0) is 10.7. The summed E-state index contributed by atoms with van der Waals surface area (Å²) in [6.07, 6.45) is 0.497. The van der Waals surface area contributed by atoms with Gasteiger partial charge in [0, 0.05) is 6.42 Å². The lowest BCUT2D eigenvalue weighted by molar-refractivity contribution is 0.652. The molecule has 0 atom stereocenters. The summed E-state index contributed by atoms with van der Waals surface area (Å²) < 4.78 is 1.41. The monoisotopic (exact) mass is 202 g/mol. The molecule has 4 heteroatoms. The van der Waals surface area contributed by atoms with Crippen LogP contribution < -0.4 is 5.69 Å². The smallest absolute Gasteiger partial charge is 0.293 e. The molecule has 0 saturated carbocycles. The predicted octanol–water partition coefficient (Wildman–Crippen LogP) is 0.996. The van der Waals surface area contributed by atoms with E-state index in [1.165, 1.54) is 4.68 Å². The Morgan fingerprint density at radius 1 is 1.33 bits per heavy atom. The van der Waals surface area contributed by atoms with E-state index in [4.69, 9.17) is 0 Å². The van der Waals surface area contributed by atoms with Crippen molar-refractivity contribution in [3.05, 3.63) is 59.1 Å². The maximum absolute atomic E-state index is 11.4. The third-order valence-corrected chi connectivity index (χ3v) is 2.14. The highest BCUT2D eigenvalue weighted by Crippen LogP contribution is 1.99. The number of hydrogen-bond acceptors (Lipinski definition) is 2. The highest BCUT2D eigenvalue weighted by atomic mass is 16.1. The Labute approximate surface area is 87.6 Å². The van der Waals surface area contributed by atoms with Crippen LogP contribution in [0.2, 0.25) is 0 Å². The zero-order valence-corrected chi connectivity index (χ0v) is 8.31. The normalized spacial score (nSPS) is 10.5. The molecule has 1 aromatic carbocycles. The van der Waals surface area contributed by atoms with Crippen molar-refractivity contribution in [2.75, 3.05) is 0 Å². The van der Waals surface area contributed by atoms with Crippen LogP contribution >= 0.6 is 0 Å². The molecule has 1 heterocycles. The molecule has 15 heavy (non-hydrogen) atoms. The number of rotatable bonds is 3. The SMILES string of the molecule is [CH2]Cc1nn(Cc2ccccc2)c(=O)[nH]1. The first-order valence-corrected chi connectivity index (χ1v) is 4.79. The second kappa shape index (κ2) is 4.13. The summed E-state index contributed by atoms with van der Waals surface area (Å²) >= 11 is 0. The van der Waals surface area contributed by atoms with Crippen LogP contribution in [0, 0.1) is 6.92 Å². The van der Waals surface area contributed by atoms with Gasteiger partial charge in [-0.2, -0.15) is 5.10 Å². The van der Waals surface area contributed by atoms with E-state index >= 15 is 0 Å². The van der Waals surface area contributed by atoms with Crippen LogP contribution in [0.4, 0.5) is 0 Å². The van der Waals surface area contributed by atoms with Gasteiger partial charge in [-0.25, -0.2) is 9.48 Å². The van der Waals surface area contributed by atoms with E-state index < -0.39 is 0 Å². The average Bonchev–Trinajstić information content (AvgIpc) is 2.61. The molecule has 4 nitrogen and oxygen atoms in total. The van der Waals surface area contributed by atoms with Gasteiger partial charge >= 0.3 is 5.69 Å². The molecule has 0 amide bonds. The van der Waals surface area contributed by atoms with Crippen LogP contribution in [-0.2, 0) is 13.0 Å². The van der Waals surface area contributed by atoms with Crippen molar-refractivity contribution in [3.63, 3.8) is 0 Å². The van der Waals surface area contributed by atoms with Crippen LogP contribution in [0.3, 0.4) is 0 Å². The van der Waals surface area contributed by atoms with E-state index in [1.54, 1.807) is 0 Å². The largest absolute Gasteiger partial charge is 0.343 e. The van der Waals surface area contributed by atoms with E-state index in [2.05, 4.69) is 17.0 Å². The molecule has 0 fully saturated rings. The second-order valence-electron chi connectivity index (χ2n) is 3.27. The van der Waals surface area contributed by atoms with Crippen LogP contribution in [0.5, 0.6) is 0 Å². The number of benzene rings is 1. The molecule has 1 N–H and O–H groups in total. The van der Waals surface area contributed by atoms with Crippen molar-refractivity contribution < 1.29 is 0 Å². The van der Waals surface area contributed by atoms with Gasteiger partial charge in [-0.15, -0.1) is 0 Å². The Morgan fingerprint density at radius 3 is 2.67 bits per heavy atom. The van der Waals surface area contributed by atoms with Crippen LogP contribution in [0.25, 0.3) is 0 Å². The molecule has 0 spiro atoms. The zero-order valence-electron chi connectivity index (χ0n) is 8.31. The molecule has 2 aromatic rings. The first kappa shape index (κ1) is 9.71. The van der Waals surface area contributed by atoms with E-state index in [-0.39, 0.29) is 5.69 Å². The number of aromatic nitrogens is 3. The summed E-state index contributed by atoms with van der Waals surface area (Å²) in [7, 11) is 0. The average molecular weight is 202 g/mol. The van der Waals surface area contributed by atoms with Gasteiger partial charge in [-0.3, -0.25) is 4.98 Å². The molecule has 77 valence electrons.